The van der Waals surface area contributed by atoms with Gasteiger partial charge in [0.2, 0.25) is 0 Å². The highest BCUT2D eigenvalue weighted by molar-refractivity contribution is 7.80. The summed E-state index contributed by atoms with van der Waals surface area (Å²) in [6, 6.07) is 0. The molecule has 15 heavy (non-hydrogen) atoms. The molecule has 1 atom stereocenters. The Kier molecular flexibility index (Phi) is 10.5. The summed E-state index contributed by atoms with van der Waals surface area (Å²) >= 11 is 0. The number of rotatable bonds is 5. The van der Waals surface area contributed by atoms with Gasteiger partial charge < -0.3 is 5.73 Å². The smallest absolute Gasteiger partial charge is 0.327 e. The van der Waals surface area contributed by atoms with Gasteiger partial charge in [-0.1, -0.05) is 0 Å². The molecule has 0 heterocycles. The van der Waals surface area contributed by atoms with Gasteiger partial charge in [-0.15, -0.1) is 5.06 Å². The molecular weight excluding hydrogens is 247 g/mol. The molecule has 1 unspecified atom stereocenters. The lowest BCUT2D eigenvalue weighted by atomic mass is 10.8. The van der Waals surface area contributed by atoms with Crippen LogP contribution in [0.15, 0.2) is 0 Å². The van der Waals surface area contributed by atoms with E-state index in [0.29, 0.717) is 12.7 Å². The Balaban J connectivity index is 0. The molecule has 0 aromatic rings. The average Bonchev–Trinajstić information content (AvgIpc) is 2.03. The van der Waals surface area contributed by atoms with Gasteiger partial charge >= 0.3 is 18.4 Å². The summed E-state index contributed by atoms with van der Waals surface area (Å²) in [4.78, 5) is 0. The van der Waals surface area contributed by atoms with Crippen LogP contribution in [0.5, 0.6) is 0 Å². The van der Waals surface area contributed by atoms with Crippen molar-refractivity contribution in [2.24, 2.45) is 5.73 Å². The van der Waals surface area contributed by atoms with Crippen LogP contribution in [0, 0.1) is 0 Å². The zero-order chi connectivity index (χ0) is 12.5. The summed E-state index contributed by atoms with van der Waals surface area (Å²) in [5.74, 6) is 0. The van der Waals surface area contributed by atoms with Gasteiger partial charge in [-0.3, -0.25) is 8.74 Å². The summed E-state index contributed by atoms with van der Waals surface area (Å²) < 4.78 is 45.1. The number of nitrogens with two attached hydrogens (primary N) is 1. The normalized spacial score (nSPS) is 12.0. The molecule has 10 heteroatoms. The van der Waals surface area contributed by atoms with Crippen LogP contribution >= 0.6 is 8.03 Å². The van der Waals surface area contributed by atoms with Gasteiger partial charge in [0.1, 0.15) is 0 Å². The Labute approximate surface area is 90.1 Å². The molecule has 0 spiro atoms. The maximum Gasteiger partial charge on any atom is 0.528 e. The SMILES string of the molecule is CN(C)O[P+](=O)CCN.COS(=O)(=O)O. The molecule has 0 amide bonds. The lowest BCUT2D eigenvalue weighted by molar-refractivity contribution is 0.00693. The van der Waals surface area contributed by atoms with Crippen LogP contribution in [0.25, 0.3) is 0 Å². The Morgan fingerprint density at radius 3 is 2.07 bits per heavy atom. The second-order valence-electron chi connectivity index (χ2n) is 2.33. The fourth-order valence-electron chi connectivity index (χ4n) is 0.328. The van der Waals surface area contributed by atoms with E-state index in [1.54, 1.807) is 14.1 Å². The predicted molar refractivity (Wildman–Crippen MR) is 54.9 cm³/mol. The number of hydrogen-bond donors (Lipinski definition) is 2. The second kappa shape index (κ2) is 9.10. The number of nitrogens with zero attached hydrogens (tertiary/aromatic N) is 1. The van der Waals surface area contributed by atoms with Crippen molar-refractivity contribution in [1.29, 1.82) is 0 Å². The van der Waals surface area contributed by atoms with Crippen LogP contribution in [0.3, 0.4) is 0 Å². The van der Waals surface area contributed by atoms with E-state index in [1.807, 2.05) is 0 Å². The number of hydroxylamine groups is 2. The Bertz CT molecular complexity index is 267. The molecule has 0 aromatic heterocycles. The highest BCUT2D eigenvalue weighted by Gasteiger charge is 2.16. The standard InChI is InChI=1S/C4H12N2O2P.CH4O4S/c1-6(2)8-9(7)4-3-5;1-5-6(2,3)4/h3-5H2,1-2H3;1H3,(H,2,3,4)/q+1;. The molecule has 0 aliphatic heterocycles. The Hall–Kier alpha value is -0.150. The molecule has 3 N–H and O–H groups in total. The van der Waals surface area contributed by atoms with Crippen molar-refractivity contribution in [3.05, 3.63) is 0 Å². The summed E-state index contributed by atoms with van der Waals surface area (Å²) in [6.07, 6.45) is 0.424. The Morgan fingerprint density at radius 1 is 1.47 bits per heavy atom. The van der Waals surface area contributed by atoms with Crippen molar-refractivity contribution in [3.8, 4) is 0 Å². The van der Waals surface area contributed by atoms with Crippen LogP contribution < -0.4 is 5.73 Å². The van der Waals surface area contributed by atoms with E-state index in [2.05, 4.69) is 4.18 Å². The van der Waals surface area contributed by atoms with E-state index in [9.17, 15) is 13.0 Å². The molecule has 0 aliphatic rings. The van der Waals surface area contributed by atoms with Crippen LogP contribution in [-0.4, -0.2) is 51.9 Å². The molecule has 0 saturated carbocycles. The molecule has 0 aliphatic carbocycles. The van der Waals surface area contributed by atoms with E-state index < -0.39 is 18.4 Å². The molecule has 0 fully saturated rings. The van der Waals surface area contributed by atoms with E-state index in [4.69, 9.17) is 14.9 Å². The van der Waals surface area contributed by atoms with E-state index in [1.165, 1.54) is 5.06 Å². The Morgan fingerprint density at radius 2 is 1.87 bits per heavy atom. The van der Waals surface area contributed by atoms with Crippen molar-refractivity contribution >= 4 is 18.4 Å². The highest BCUT2D eigenvalue weighted by Crippen LogP contribution is 2.20. The first-order chi connectivity index (χ1) is 6.72. The molecule has 0 aromatic carbocycles. The minimum Gasteiger partial charge on any atom is -0.327 e. The van der Waals surface area contributed by atoms with Crippen LogP contribution in [-0.2, 0) is 23.8 Å². The zero-order valence-electron chi connectivity index (χ0n) is 8.78. The zero-order valence-corrected chi connectivity index (χ0v) is 10.5. The van der Waals surface area contributed by atoms with Crippen molar-refractivity contribution in [2.45, 2.75) is 0 Å². The first-order valence-electron chi connectivity index (χ1n) is 3.76. The lowest BCUT2D eigenvalue weighted by Crippen LogP contribution is -2.10. The van der Waals surface area contributed by atoms with E-state index in [-0.39, 0.29) is 0 Å². The molecule has 92 valence electrons. The van der Waals surface area contributed by atoms with Crippen LogP contribution in [0.4, 0.5) is 0 Å². The quantitative estimate of drug-likeness (QED) is 0.391. The summed E-state index contributed by atoms with van der Waals surface area (Å²) in [6.45, 7) is 0.406. The third kappa shape index (κ3) is 20.0. The van der Waals surface area contributed by atoms with Gasteiger partial charge in [0.15, 0.2) is 6.16 Å². The fraction of sp³-hybridized carbons (Fsp3) is 1.00. The predicted octanol–water partition coefficient (Wildman–Crippen LogP) is -0.384. The number of hydrogen-bond acceptors (Lipinski definition) is 7. The van der Waals surface area contributed by atoms with Crippen molar-refractivity contribution < 1.29 is 26.3 Å². The van der Waals surface area contributed by atoms with Crippen molar-refractivity contribution in [1.82, 2.24) is 5.06 Å². The third-order valence-electron chi connectivity index (χ3n) is 0.777. The molecule has 0 radical (unpaired) electrons. The molecule has 8 nitrogen and oxygen atoms in total. The average molecular weight is 263 g/mol. The van der Waals surface area contributed by atoms with Gasteiger partial charge in [0, 0.05) is 20.6 Å². The minimum absolute atomic E-state index is 0.406. The molecular formula is C5H16N2O6PS+. The first kappa shape index (κ1) is 17.3. The van der Waals surface area contributed by atoms with Gasteiger partial charge in [-0.25, -0.2) is 0 Å². The lowest BCUT2D eigenvalue weighted by Gasteiger charge is -1.96. The van der Waals surface area contributed by atoms with Crippen LogP contribution in [0.1, 0.15) is 0 Å². The molecule has 0 bridgehead atoms. The molecule has 0 rings (SSSR count). The largest absolute Gasteiger partial charge is 0.528 e. The maximum atomic E-state index is 10.7. The summed E-state index contributed by atoms with van der Waals surface area (Å²) in [7, 11) is -1.49. The second-order valence-corrected chi connectivity index (χ2v) is 4.80. The minimum atomic E-state index is -4.16. The first-order valence-corrected chi connectivity index (χ1v) is 6.49. The van der Waals surface area contributed by atoms with Crippen molar-refractivity contribution in [2.75, 3.05) is 33.9 Å². The highest BCUT2D eigenvalue weighted by atomic mass is 32.3. The molecule has 0 saturated heterocycles. The van der Waals surface area contributed by atoms with E-state index in [0.717, 1.165) is 7.11 Å². The maximum absolute atomic E-state index is 10.7. The van der Waals surface area contributed by atoms with Gasteiger partial charge in [0.05, 0.1) is 7.11 Å². The van der Waals surface area contributed by atoms with Gasteiger partial charge in [-0.05, 0) is 9.19 Å². The fourth-order valence-corrected chi connectivity index (χ4v) is 0.985. The van der Waals surface area contributed by atoms with Gasteiger partial charge in [0.25, 0.3) is 0 Å². The van der Waals surface area contributed by atoms with Crippen LogP contribution in [0.2, 0.25) is 0 Å². The van der Waals surface area contributed by atoms with Gasteiger partial charge in [-0.2, -0.15) is 8.42 Å². The summed E-state index contributed by atoms with van der Waals surface area (Å²) in [5, 5.41) is 1.41. The van der Waals surface area contributed by atoms with Crippen molar-refractivity contribution in [3.63, 3.8) is 0 Å². The summed E-state index contributed by atoms with van der Waals surface area (Å²) in [5.41, 5.74) is 5.12. The van der Waals surface area contributed by atoms with E-state index >= 15 is 0 Å². The monoisotopic (exact) mass is 263 g/mol. The third-order valence-corrected chi connectivity index (χ3v) is 2.33. The topological polar surface area (TPSA) is 119 Å².